The van der Waals surface area contributed by atoms with Gasteiger partial charge in [0.15, 0.2) is 0 Å². The molecule has 2 fully saturated rings. The second-order valence-corrected chi connectivity index (χ2v) is 11.6. The maximum Gasteiger partial charge on any atom is 0.318 e. The number of hydrogen-bond acceptors (Lipinski definition) is 8. The van der Waals surface area contributed by atoms with Crippen molar-refractivity contribution in [2.75, 3.05) is 63.2 Å². The number of nitrogens with one attached hydrogen (secondary N) is 1. The molecule has 8 nitrogen and oxygen atoms in total. The van der Waals surface area contributed by atoms with E-state index in [1.807, 2.05) is 0 Å². The largest absolute Gasteiger partial charge is 0.462 e. The van der Waals surface area contributed by atoms with Crippen LogP contribution in [0.25, 0.3) is 0 Å². The number of likely N-dealkylation sites (N-methyl/N-ethyl adjacent to an activating group) is 1. The molecule has 2 saturated heterocycles. The van der Waals surface area contributed by atoms with Crippen LogP contribution in [0.2, 0.25) is 0 Å². The molecule has 1 N–H and O–H groups in total. The molecule has 4 aliphatic rings. The summed E-state index contributed by atoms with van der Waals surface area (Å²) in [6.07, 6.45) is 7.05. The molecule has 1 aromatic heterocycles. The molecular formula is C29H39N7O. The number of likely N-dealkylation sites (tertiary alicyclic amines) is 1. The monoisotopic (exact) mass is 501 g/mol. The number of anilines is 2. The Balaban J connectivity index is 1.31. The third-order valence-electron chi connectivity index (χ3n) is 9.01. The van der Waals surface area contributed by atoms with Gasteiger partial charge in [-0.25, -0.2) is 0 Å². The van der Waals surface area contributed by atoms with E-state index in [-0.39, 0.29) is 11.5 Å². The lowest BCUT2D eigenvalue weighted by atomic mass is 9.67. The van der Waals surface area contributed by atoms with E-state index in [0.717, 1.165) is 76.3 Å². The number of nitriles is 1. The molecule has 0 radical (unpaired) electrons. The van der Waals surface area contributed by atoms with E-state index in [4.69, 9.17) is 14.7 Å². The van der Waals surface area contributed by atoms with Crippen LogP contribution >= 0.6 is 0 Å². The summed E-state index contributed by atoms with van der Waals surface area (Å²) in [4.78, 5) is 17.3. The standard InChI is InChI=1S/C29H39N7O/c1-34-14-5-7-23(34)19-37-28-32-25-17-29(16-21-6-3-4-8-26(21)35(2)20-29)11-9-24(25)27(33-28)36-15-13-31-22(18-36)10-12-30/h3-4,6,8,22-23,31H,5,7,9-11,13-20H2,1-2H3/t22-,23-,29+/m0/s1. The summed E-state index contributed by atoms with van der Waals surface area (Å²) in [7, 11) is 4.40. The van der Waals surface area contributed by atoms with Gasteiger partial charge in [-0.1, -0.05) is 18.2 Å². The molecule has 0 saturated carbocycles. The Morgan fingerprint density at radius 3 is 2.92 bits per heavy atom. The highest BCUT2D eigenvalue weighted by molar-refractivity contribution is 5.57. The Morgan fingerprint density at radius 1 is 1.19 bits per heavy atom. The molecule has 3 aliphatic heterocycles. The lowest BCUT2D eigenvalue weighted by molar-refractivity contribution is 0.185. The van der Waals surface area contributed by atoms with Gasteiger partial charge in [-0.3, -0.25) is 0 Å². The van der Waals surface area contributed by atoms with Crippen molar-refractivity contribution in [3.8, 4) is 12.1 Å². The van der Waals surface area contributed by atoms with Crippen molar-refractivity contribution in [1.29, 1.82) is 5.26 Å². The van der Waals surface area contributed by atoms with Crippen molar-refractivity contribution in [2.24, 2.45) is 5.41 Å². The Hall–Kier alpha value is -2.89. The summed E-state index contributed by atoms with van der Waals surface area (Å²) < 4.78 is 6.32. The highest BCUT2D eigenvalue weighted by atomic mass is 16.5. The number of rotatable bonds is 5. The van der Waals surface area contributed by atoms with Crippen LogP contribution in [0.5, 0.6) is 6.01 Å². The fraction of sp³-hybridized carbons (Fsp3) is 0.621. The number of fused-ring (bicyclic) bond motifs is 2. The molecule has 1 aromatic carbocycles. The first-order valence-electron chi connectivity index (χ1n) is 13.9. The van der Waals surface area contributed by atoms with Gasteiger partial charge in [0.25, 0.3) is 0 Å². The molecule has 3 atom stereocenters. The first kappa shape index (κ1) is 24.4. The molecule has 1 aliphatic carbocycles. The zero-order chi connectivity index (χ0) is 25.4. The van der Waals surface area contributed by atoms with Crippen LogP contribution in [0.4, 0.5) is 11.5 Å². The molecule has 0 amide bonds. The summed E-state index contributed by atoms with van der Waals surface area (Å²) in [5, 5.41) is 12.8. The van der Waals surface area contributed by atoms with Crippen molar-refractivity contribution in [1.82, 2.24) is 20.2 Å². The Bertz CT molecular complexity index is 1180. The first-order chi connectivity index (χ1) is 18.0. The predicted molar refractivity (Wildman–Crippen MR) is 145 cm³/mol. The van der Waals surface area contributed by atoms with E-state index < -0.39 is 0 Å². The second-order valence-electron chi connectivity index (χ2n) is 11.6. The molecular weight excluding hydrogens is 462 g/mol. The van der Waals surface area contributed by atoms with Gasteiger partial charge in [0.2, 0.25) is 0 Å². The molecule has 1 spiro atoms. The van der Waals surface area contributed by atoms with Gasteiger partial charge in [-0.05, 0) is 69.2 Å². The van der Waals surface area contributed by atoms with Gasteiger partial charge in [-0.2, -0.15) is 15.2 Å². The number of nitrogens with zero attached hydrogens (tertiary/aromatic N) is 6. The molecule has 8 heteroatoms. The van der Waals surface area contributed by atoms with Gasteiger partial charge < -0.3 is 24.8 Å². The van der Waals surface area contributed by atoms with Crippen LogP contribution < -0.4 is 19.9 Å². The maximum atomic E-state index is 9.28. The van der Waals surface area contributed by atoms with Crippen LogP contribution in [-0.4, -0.2) is 80.4 Å². The number of ether oxygens (including phenoxy) is 1. The lowest BCUT2D eigenvalue weighted by Gasteiger charge is -2.46. The smallest absolute Gasteiger partial charge is 0.318 e. The zero-order valence-corrected chi connectivity index (χ0v) is 22.2. The van der Waals surface area contributed by atoms with E-state index in [0.29, 0.717) is 25.1 Å². The highest BCUT2D eigenvalue weighted by Crippen LogP contribution is 2.45. The van der Waals surface area contributed by atoms with Gasteiger partial charge in [-0.15, -0.1) is 0 Å². The minimum atomic E-state index is 0.166. The first-order valence-corrected chi connectivity index (χ1v) is 13.9. The summed E-state index contributed by atoms with van der Waals surface area (Å²) in [5.41, 5.74) is 5.43. The number of piperazine rings is 1. The highest BCUT2D eigenvalue weighted by Gasteiger charge is 2.42. The molecule has 0 bridgehead atoms. The van der Waals surface area contributed by atoms with Crippen LogP contribution in [0.15, 0.2) is 24.3 Å². The maximum absolute atomic E-state index is 9.28. The van der Waals surface area contributed by atoms with E-state index in [9.17, 15) is 5.26 Å². The van der Waals surface area contributed by atoms with E-state index >= 15 is 0 Å². The van der Waals surface area contributed by atoms with Gasteiger partial charge in [0.1, 0.15) is 12.4 Å². The van der Waals surface area contributed by atoms with Crippen molar-refractivity contribution >= 4 is 11.5 Å². The predicted octanol–water partition coefficient (Wildman–Crippen LogP) is 2.81. The normalized spacial score (nSPS) is 27.6. The average Bonchev–Trinajstić information content (AvgIpc) is 3.31. The lowest BCUT2D eigenvalue weighted by Crippen LogP contribution is -2.51. The number of aromatic nitrogens is 2. The van der Waals surface area contributed by atoms with Crippen molar-refractivity contribution in [3.63, 3.8) is 0 Å². The van der Waals surface area contributed by atoms with Gasteiger partial charge >= 0.3 is 6.01 Å². The summed E-state index contributed by atoms with van der Waals surface area (Å²) in [6, 6.07) is 12.3. The van der Waals surface area contributed by atoms with Crippen molar-refractivity contribution < 1.29 is 4.74 Å². The van der Waals surface area contributed by atoms with E-state index in [1.165, 1.54) is 23.2 Å². The molecule has 0 unspecified atom stereocenters. The van der Waals surface area contributed by atoms with E-state index in [1.54, 1.807) is 0 Å². The Kier molecular flexibility index (Phi) is 6.68. The third-order valence-corrected chi connectivity index (χ3v) is 9.01. The fourth-order valence-corrected chi connectivity index (χ4v) is 7.05. The number of hydrogen-bond donors (Lipinski definition) is 1. The van der Waals surface area contributed by atoms with Gasteiger partial charge in [0, 0.05) is 56.6 Å². The average molecular weight is 502 g/mol. The second kappa shape index (κ2) is 10.1. The topological polar surface area (TPSA) is 80.6 Å². The summed E-state index contributed by atoms with van der Waals surface area (Å²) in [5.74, 6) is 1.03. The minimum Gasteiger partial charge on any atom is -0.462 e. The van der Waals surface area contributed by atoms with Crippen LogP contribution in [0.3, 0.4) is 0 Å². The fourth-order valence-electron chi connectivity index (χ4n) is 7.05. The third kappa shape index (κ3) is 4.87. The quantitative estimate of drug-likeness (QED) is 0.670. The molecule has 37 heavy (non-hydrogen) atoms. The van der Waals surface area contributed by atoms with Gasteiger partial charge in [0.05, 0.1) is 18.2 Å². The number of benzene rings is 1. The number of para-hydroxylation sites is 1. The molecule has 6 rings (SSSR count). The molecule has 2 aromatic rings. The van der Waals surface area contributed by atoms with Crippen molar-refractivity contribution in [3.05, 3.63) is 41.1 Å². The Morgan fingerprint density at radius 2 is 2.08 bits per heavy atom. The molecule has 196 valence electrons. The minimum absolute atomic E-state index is 0.166. The SMILES string of the molecule is CN1C[C@]2(CCc3c(nc(OC[C@@H]4CCCN4C)nc3N3CCN[C@@H](CC#N)C3)C2)Cc2ccccc21. The summed E-state index contributed by atoms with van der Waals surface area (Å²) in [6.45, 7) is 5.35. The van der Waals surface area contributed by atoms with E-state index in [2.05, 4.69) is 64.4 Å². The van der Waals surface area contributed by atoms with Crippen LogP contribution in [-0.2, 0) is 19.3 Å². The van der Waals surface area contributed by atoms with Crippen LogP contribution in [0.1, 0.15) is 42.5 Å². The summed E-state index contributed by atoms with van der Waals surface area (Å²) >= 11 is 0. The Labute approximate surface area is 220 Å². The van der Waals surface area contributed by atoms with Crippen LogP contribution in [0, 0.1) is 16.7 Å². The van der Waals surface area contributed by atoms with Crippen molar-refractivity contribution in [2.45, 2.75) is 57.0 Å². The molecule has 4 heterocycles. The zero-order valence-electron chi connectivity index (χ0n) is 22.2.